The second kappa shape index (κ2) is 6.99. The molecule has 0 aliphatic rings. The molecule has 0 aliphatic heterocycles. The minimum absolute atomic E-state index is 0.129. The molecule has 0 aromatic carbocycles. The number of nitrogens with one attached hydrogen (secondary N) is 2. The van der Waals surface area contributed by atoms with Crippen molar-refractivity contribution < 1.29 is 9.90 Å². The second-order valence-electron chi connectivity index (χ2n) is 4.86. The zero-order valence-electron chi connectivity index (χ0n) is 12.5. The number of rotatable bonds is 6. The van der Waals surface area contributed by atoms with Crippen molar-refractivity contribution in [2.45, 2.75) is 25.8 Å². The molecule has 0 radical (unpaired) electrons. The van der Waals surface area contributed by atoms with Gasteiger partial charge in [0.1, 0.15) is 11.9 Å². The quantitative estimate of drug-likeness (QED) is 0.651. The molecule has 1 amide bonds. The number of aromatic nitrogens is 3. The summed E-state index contributed by atoms with van der Waals surface area (Å²) in [7, 11) is 5.15. The van der Waals surface area contributed by atoms with Crippen molar-refractivity contribution >= 4 is 17.8 Å². The number of aliphatic hydroxyl groups excluding tert-OH is 1. The van der Waals surface area contributed by atoms with Crippen molar-refractivity contribution in [3.05, 3.63) is 5.82 Å². The van der Waals surface area contributed by atoms with Crippen molar-refractivity contribution in [1.29, 1.82) is 0 Å². The topological polar surface area (TPSA) is 103 Å². The normalized spacial score (nSPS) is 12.2. The minimum atomic E-state index is -0.794. The predicted molar refractivity (Wildman–Crippen MR) is 76.8 cm³/mol. The molecule has 1 unspecified atom stereocenters. The lowest BCUT2D eigenvalue weighted by atomic mass is 10.2. The summed E-state index contributed by atoms with van der Waals surface area (Å²) in [6, 6.07) is -0.794. The van der Waals surface area contributed by atoms with Gasteiger partial charge in [-0.3, -0.25) is 4.79 Å². The predicted octanol–water partition coefficient (Wildman–Crippen LogP) is -0.420. The Kier molecular flexibility index (Phi) is 5.63. The molecule has 0 saturated heterocycles. The van der Waals surface area contributed by atoms with Crippen LogP contribution in [0.1, 0.15) is 25.6 Å². The molecule has 112 valence electrons. The Bertz CT molecular complexity index is 437. The molecule has 1 aromatic rings. The average molecular weight is 282 g/mol. The number of aliphatic hydroxyl groups is 1. The van der Waals surface area contributed by atoms with E-state index in [0.29, 0.717) is 11.8 Å². The average Bonchev–Trinajstić information content (AvgIpc) is 2.43. The molecule has 8 heteroatoms. The van der Waals surface area contributed by atoms with Crippen LogP contribution in [0.4, 0.5) is 11.9 Å². The van der Waals surface area contributed by atoms with E-state index in [0.717, 1.165) is 0 Å². The summed E-state index contributed by atoms with van der Waals surface area (Å²) in [4.78, 5) is 26.1. The van der Waals surface area contributed by atoms with Gasteiger partial charge in [0, 0.05) is 27.1 Å². The number of carbonyl (C=O) groups is 1. The van der Waals surface area contributed by atoms with Gasteiger partial charge in [-0.1, -0.05) is 13.8 Å². The summed E-state index contributed by atoms with van der Waals surface area (Å²) < 4.78 is 0. The molecule has 8 nitrogen and oxygen atoms in total. The van der Waals surface area contributed by atoms with E-state index in [1.54, 1.807) is 4.90 Å². The lowest BCUT2D eigenvalue weighted by molar-refractivity contribution is -0.122. The van der Waals surface area contributed by atoms with Crippen LogP contribution in [0.2, 0.25) is 0 Å². The first kappa shape index (κ1) is 16.1. The Balaban J connectivity index is 3.07. The fourth-order valence-electron chi connectivity index (χ4n) is 1.43. The van der Waals surface area contributed by atoms with Crippen LogP contribution >= 0.6 is 0 Å². The highest BCUT2D eigenvalue weighted by Crippen LogP contribution is 2.15. The van der Waals surface area contributed by atoms with Gasteiger partial charge >= 0.3 is 0 Å². The highest BCUT2D eigenvalue weighted by molar-refractivity contribution is 5.84. The van der Waals surface area contributed by atoms with Gasteiger partial charge in [0.25, 0.3) is 0 Å². The number of nitrogens with zero attached hydrogens (tertiary/aromatic N) is 4. The number of carbonyl (C=O) groups excluding carboxylic acids is 1. The monoisotopic (exact) mass is 282 g/mol. The second-order valence-corrected chi connectivity index (χ2v) is 4.86. The standard InChI is InChI=1S/C12H22N6O2/c1-7(2)9-15-11(17-12(16-9)18(4)5)14-8(6-19)10(20)13-3/h7-8,19H,6H2,1-5H3,(H,13,20)(H,14,15,16,17). The molecule has 0 spiro atoms. The van der Waals surface area contributed by atoms with Gasteiger partial charge in [0.2, 0.25) is 17.8 Å². The lowest BCUT2D eigenvalue weighted by Crippen LogP contribution is -2.41. The van der Waals surface area contributed by atoms with Gasteiger partial charge in [-0.05, 0) is 0 Å². The van der Waals surface area contributed by atoms with Crippen molar-refractivity contribution in [3.63, 3.8) is 0 Å². The van der Waals surface area contributed by atoms with Crippen LogP contribution in [0, 0.1) is 0 Å². The summed E-state index contributed by atoms with van der Waals surface area (Å²) >= 11 is 0. The van der Waals surface area contributed by atoms with Crippen molar-refractivity contribution in [3.8, 4) is 0 Å². The molecular weight excluding hydrogens is 260 g/mol. The first-order chi connectivity index (χ1) is 9.38. The first-order valence-electron chi connectivity index (χ1n) is 6.41. The lowest BCUT2D eigenvalue weighted by Gasteiger charge is -2.18. The molecule has 1 aromatic heterocycles. The Morgan fingerprint density at radius 2 is 1.95 bits per heavy atom. The summed E-state index contributed by atoms with van der Waals surface area (Å²) in [5.41, 5.74) is 0. The van der Waals surface area contributed by atoms with Crippen molar-refractivity contribution in [2.24, 2.45) is 0 Å². The number of amides is 1. The van der Waals surface area contributed by atoms with Crippen LogP contribution < -0.4 is 15.5 Å². The van der Waals surface area contributed by atoms with E-state index in [9.17, 15) is 9.90 Å². The van der Waals surface area contributed by atoms with E-state index < -0.39 is 6.04 Å². The van der Waals surface area contributed by atoms with E-state index in [1.807, 2.05) is 27.9 Å². The molecule has 3 N–H and O–H groups in total. The Morgan fingerprint density at radius 3 is 2.40 bits per heavy atom. The molecule has 0 bridgehead atoms. The van der Waals surface area contributed by atoms with Crippen molar-refractivity contribution in [2.75, 3.05) is 38.0 Å². The fraction of sp³-hybridized carbons (Fsp3) is 0.667. The molecule has 0 fully saturated rings. The highest BCUT2D eigenvalue weighted by atomic mass is 16.3. The van der Waals surface area contributed by atoms with Crippen molar-refractivity contribution in [1.82, 2.24) is 20.3 Å². The van der Waals surface area contributed by atoms with E-state index in [2.05, 4.69) is 25.6 Å². The molecule has 20 heavy (non-hydrogen) atoms. The van der Waals surface area contributed by atoms with Crippen LogP contribution in [-0.4, -0.2) is 59.8 Å². The number of hydrogen-bond donors (Lipinski definition) is 3. The molecule has 1 atom stereocenters. The van der Waals surface area contributed by atoms with Crippen LogP contribution in [0.3, 0.4) is 0 Å². The summed E-state index contributed by atoms with van der Waals surface area (Å²) in [5.74, 6) is 1.20. The largest absolute Gasteiger partial charge is 0.394 e. The van der Waals surface area contributed by atoms with E-state index >= 15 is 0 Å². The minimum Gasteiger partial charge on any atom is -0.394 e. The number of hydrogen-bond acceptors (Lipinski definition) is 7. The zero-order chi connectivity index (χ0) is 15.3. The van der Waals surface area contributed by atoms with E-state index in [1.165, 1.54) is 7.05 Å². The SMILES string of the molecule is CNC(=O)C(CO)Nc1nc(C(C)C)nc(N(C)C)n1. The smallest absolute Gasteiger partial charge is 0.244 e. The van der Waals surface area contributed by atoms with Gasteiger partial charge in [-0.25, -0.2) is 0 Å². The maximum atomic E-state index is 11.6. The van der Waals surface area contributed by atoms with Crippen LogP contribution in [0.5, 0.6) is 0 Å². The maximum Gasteiger partial charge on any atom is 0.244 e. The third-order valence-electron chi connectivity index (χ3n) is 2.61. The molecule has 1 rings (SSSR count). The van der Waals surface area contributed by atoms with Gasteiger partial charge in [-0.15, -0.1) is 0 Å². The highest BCUT2D eigenvalue weighted by Gasteiger charge is 2.19. The van der Waals surface area contributed by atoms with Crippen LogP contribution in [0.25, 0.3) is 0 Å². The molecule has 0 aliphatic carbocycles. The summed E-state index contributed by atoms with van der Waals surface area (Å²) in [5, 5.41) is 14.5. The number of likely N-dealkylation sites (N-methyl/N-ethyl adjacent to an activating group) is 1. The van der Waals surface area contributed by atoms with E-state index in [4.69, 9.17) is 0 Å². The third-order valence-corrected chi connectivity index (χ3v) is 2.61. The van der Waals surface area contributed by atoms with Gasteiger partial charge in [-0.2, -0.15) is 15.0 Å². The van der Waals surface area contributed by atoms with Gasteiger partial charge in [0.05, 0.1) is 6.61 Å². The van der Waals surface area contributed by atoms with Crippen LogP contribution in [-0.2, 0) is 4.79 Å². The van der Waals surface area contributed by atoms with Crippen LogP contribution in [0.15, 0.2) is 0 Å². The molecular formula is C12H22N6O2. The number of anilines is 2. The Morgan fingerprint density at radius 1 is 1.30 bits per heavy atom. The van der Waals surface area contributed by atoms with E-state index in [-0.39, 0.29) is 24.4 Å². The zero-order valence-corrected chi connectivity index (χ0v) is 12.5. The Labute approximate surface area is 118 Å². The Hall–Kier alpha value is -1.96. The van der Waals surface area contributed by atoms with Gasteiger partial charge < -0.3 is 20.6 Å². The van der Waals surface area contributed by atoms with Gasteiger partial charge in [0.15, 0.2) is 0 Å². The molecule has 1 heterocycles. The molecule has 0 saturated carbocycles. The summed E-state index contributed by atoms with van der Waals surface area (Å²) in [6.07, 6.45) is 0. The fourth-order valence-corrected chi connectivity index (χ4v) is 1.43. The third kappa shape index (κ3) is 4.02. The maximum absolute atomic E-state index is 11.6. The summed E-state index contributed by atoms with van der Waals surface area (Å²) in [6.45, 7) is 3.60. The first-order valence-corrected chi connectivity index (χ1v) is 6.41.